The molecular formula is C18H16BrF2NO2. The van der Waals surface area contributed by atoms with E-state index in [1.165, 1.54) is 36.3 Å². The average Bonchev–Trinajstić information content (AvgIpc) is 2.57. The largest absolute Gasteiger partial charge is 0.497 e. The number of hydrogen-bond donors (Lipinski definition) is 0. The van der Waals surface area contributed by atoms with Crippen molar-refractivity contribution in [1.82, 2.24) is 4.90 Å². The number of amides is 1. The minimum absolute atomic E-state index is 0.00158. The fourth-order valence-electron chi connectivity index (χ4n) is 2.21. The highest BCUT2D eigenvalue weighted by Crippen LogP contribution is 2.21. The number of halogens is 3. The van der Waals surface area contributed by atoms with Crippen LogP contribution in [0.15, 0.2) is 53.5 Å². The van der Waals surface area contributed by atoms with Crippen LogP contribution >= 0.6 is 15.9 Å². The molecule has 0 saturated heterocycles. The van der Waals surface area contributed by atoms with Crippen molar-refractivity contribution in [3.63, 3.8) is 0 Å². The predicted octanol–water partition coefficient (Wildman–Crippen LogP) is 4.56. The first-order valence-corrected chi connectivity index (χ1v) is 7.93. The summed E-state index contributed by atoms with van der Waals surface area (Å²) in [6.07, 6.45) is 1.51. The zero-order valence-corrected chi connectivity index (χ0v) is 14.6. The number of methoxy groups -OCH3 is 1. The van der Waals surface area contributed by atoms with E-state index in [2.05, 4.69) is 22.5 Å². The van der Waals surface area contributed by atoms with Gasteiger partial charge < -0.3 is 9.64 Å². The summed E-state index contributed by atoms with van der Waals surface area (Å²) in [5.74, 6) is -1.36. The van der Waals surface area contributed by atoms with Gasteiger partial charge in [-0.05, 0) is 30.3 Å². The van der Waals surface area contributed by atoms with Gasteiger partial charge in [-0.15, -0.1) is 6.58 Å². The van der Waals surface area contributed by atoms with E-state index in [0.29, 0.717) is 15.8 Å². The SMILES string of the molecule is C=CCN(Cc1cc(Br)ccc1F)C(=O)c1ccc(OC)cc1F. The number of benzene rings is 2. The summed E-state index contributed by atoms with van der Waals surface area (Å²) in [6, 6.07) is 8.46. The third kappa shape index (κ3) is 4.20. The molecule has 0 aliphatic heterocycles. The first kappa shape index (κ1) is 18.1. The van der Waals surface area contributed by atoms with Crippen LogP contribution in [0.25, 0.3) is 0 Å². The molecule has 0 fully saturated rings. The molecule has 6 heteroatoms. The minimum Gasteiger partial charge on any atom is -0.497 e. The molecule has 0 spiro atoms. The highest BCUT2D eigenvalue weighted by molar-refractivity contribution is 9.10. The van der Waals surface area contributed by atoms with Crippen molar-refractivity contribution in [2.24, 2.45) is 0 Å². The lowest BCUT2D eigenvalue weighted by molar-refractivity contribution is 0.0756. The average molecular weight is 396 g/mol. The molecule has 0 aromatic heterocycles. The predicted molar refractivity (Wildman–Crippen MR) is 92.0 cm³/mol. The fourth-order valence-corrected chi connectivity index (χ4v) is 2.62. The quantitative estimate of drug-likeness (QED) is 0.670. The van der Waals surface area contributed by atoms with Gasteiger partial charge in [0.15, 0.2) is 0 Å². The second kappa shape index (κ2) is 8.06. The lowest BCUT2D eigenvalue weighted by Gasteiger charge is -2.22. The van der Waals surface area contributed by atoms with Crippen LogP contribution in [0.1, 0.15) is 15.9 Å². The number of rotatable bonds is 6. The first-order chi connectivity index (χ1) is 11.5. The van der Waals surface area contributed by atoms with E-state index < -0.39 is 17.5 Å². The first-order valence-electron chi connectivity index (χ1n) is 7.14. The molecular weight excluding hydrogens is 380 g/mol. The maximum atomic E-state index is 14.1. The summed E-state index contributed by atoms with van der Waals surface area (Å²) >= 11 is 3.27. The van der Waals surface area contributed by atoms with Gasteiger partial charge in [0.05, 0.1) is 12.7 Å². The van der Waals surface area contributed by atoms with Crippen LogP contribution in [0.4, 0.5) is 8.78 Å². The maximum absolute atomic E-state index is 14.1. The highest BCUT2D eigenvalue weighted by Gasteiger charge is 2.20. The Morgan fingerprint density at radius 1 is 1.25 bits per heavy atom. The van der Waals surface area contributed by atoms with Crippen LogP contribution in [0.2, 0.25) is 0 Å². The summed E-state index contributed by atoms with van der Waals surface area (Å²) in [4.78, 5) is 13.9. The van der Waals surface area contributed by atoms with Crippen LogP contribution in [0.3, 0.4) is 0 Å². The Morgan fingerprint density at radius 3 is 2.62 bits per heavy atom. The molecule has 126 valence electrons. The van der Waals surface area contributed by atoms with Crippen LogP contribution < -0.4 is 4.74 Å². The number of nitrogens with zero attached hydrogens (tertiary/aromatic N) is 1. The summed E-state index contributed by atoms with van der Waals surface area (Å²) in [7, 11) is 1.41. The van der Waals surface area contributed by atoms with E-state index in [4.69, 9.17) is 4.74 Å². The Kier molecular flexibility index (Phi) is 6.09. The number of ether oxygens (including phenoxy) is 1. The molecule has 0 heterocycles. The van der Waals surface area contributed by atoms with Gasteiger partial charge in [-0.1, -0.05) is 22.0 Å². The van der Waals surface area contributed by atoms with Crippen molar-refractivity contribution in [2.75, 3.05) is 13.7 Å². The lowest BCUT2D eigenvalue weighted by Crippen LogP contribution is -2.31. The summed E-state index contributed by atoms with van der Waals surface area (Å²) < 4.78 is 33.7. The Hall–Kier alpha value is -2.21. The number of carbonyl (C=O) groups excluding carboxylic acids is 1. The van der Waals surface area contributed by atoms with E-state index in [1.54, 1.807) is 12.1 Å². The molecule has 3 nitrogen and oxygen atoms in total. The lowest BCUT2D eigenvalue weighted by atomic mass is 10.1. The van der Waals surface area contributed by atoms with Gasteiger partial charge in [0, 0.05) is 29.2 Å². The van der Waals surface area contributed by atoms with E-state index in [0.717, 1.165) is 6.07 Å². The summed E-state index contributed by atoms with van der Waals surface area (Å²) in [5, 5.41) is 0. The molecule has 2 rings (SSSR count). The van der Waals surface area contributed by atoms with Crippen molar-refractivity contribution in [2.45, 2.75) is 6.54 Å². The van der Waals surface area contributed by atoms with Crippen LogP contribution in [0, 0.1) is 11.6 Å². The monoisotopic (exact) mass is 395 g/mol. The Morgan fingerprint density at radius 2 is 2.00 bits per heavy atom. The van der Waals surface area contributed by atoms with Gasteiger partial charge >= 0.3 is 0 Å². The van der Waals surface area contributed by atoms with E-state index in [1.807, 2.05) is 0 Å². The Bertz CT molecular complexity index is 765. The van der Waals surface area contributed by atoms with Gasteiger partial charge in [0.2, 0.25) is 0 Å². The van der Waals surface area contributed by atoms with Crippen LogP contribution in [0.5, 0.6) is 5.75 Å². The molecule has 2 aromatic rings. The number of hydrogen-bond acceptors (Lipinski definition) is 2. The van der Waals surface area contributed by atoms with Gasteiger partial charge in [0.1, 0.15) is 17.4 Å². The van der Waals surface area contributed by atoms with Crippen molar-refractivity contribution in [3.05, 3.63) is 76.3 Å². The molecule has 24 heavy (non-hydrogen) atoms. The molecule has 0 unspecified atom stereocenters. The Balaban J connectivity index is 2.31. The van der Waals surface area contributed by atoms with E-state index in [9.17, 15) is 13.6 Å². The second-order valence-electron chi connectivity index (χ2n) is 5.06. The van der Waals surface area contributed by atoms with Crippen molar-refractivity contribution in [3.8, 4) is 5.75 Å². The van der Waals surface area contributed by atoms with Gasteiger partial charge in [0.25, 0.3) is 5.91 Å². The highest BCUT2D eigenvalue weighted by atomic mass is 79.9. The third-order valence-corrected chi connectivity index (χ3v) is 3.91. The van der Waals surface area contributed by atoms with E-state index in [-0.39, 0.29) is 18.7 Å². The molecule has 1 amide bonds. The molecule has 0 N–H and O–H groups in total. The standard InChI is InChI=1S/C18H16BrF2NO2/c1-3-8-22(11-12-9-13(19)4-7-16(12)20)18(23)15-6-5-14(24-2)10-17(15)21/h3-7,9-10H,1,8,11H2,2H3. The Labute approximate surface area is 147 Å². The fraction of sp³-hybridized carbons (Fsp3) is 0.167. The van der Waals surface area contributed by atoms with Gasteiger partial charge in [-0.3, -0.25) is 4.79 Å². The molecule has 0 atom stereocenters. The number of carbonyl (C=O) groups is 1. The minimum atomic E-state index is -0.692. The molecule has 2 aromatic carbocycles. The van der Waals surface area contributed by atoms with Crippen LogP contribution in [-0.4, -0.2) is 24.5 Å². The maximum Gasteiger partial charge on any atom is 0.257 e. The third-order valence-electron chi connectivity index (χ3n) is 3.41. The smallest absolute Gasteiger partial charge is 0.257 e. The zero-order valence-electron chi connectivity index (χ0n) is 13.1. The molecule has 0 bridgehead atoms. The van der Waals surface area contributed by atoms with Crippen molar-refractivity contribution in [1.29, 1.82) is 0 Å². The molecule has 0 saturated carbocycles. The van der Waals surface area contributed by atoms with Gasteiger partial charge in [-0.2, -0.15) is 0 Å². The van der Waals surface area contributed by atoms with Crippen molar-refractivity contribution >= 4 is 21.8 Å². The van der Waals surface area contributed by atoms with Crippen molar-refractivity contribution < 1.29 is 18.3 Å². The topological polar surface area (TPSA) is 29.5 Å². The molecule has 0 aliphatic rings. The van der Waals surface area contributed by atoms with Gasteiger partial charge in [-0.25, -0.2) is 8.78 Å². The second-order valence-corrected chi connectivity index (χ2v) is 5.97. The normalized spacial score (nSPS) is 10.3. The summed E-state index contributed by atoms with van der Waals surface area (Å²) in [6.45, 7) is 3.76. The van der Waals surface area contributed by atoms with E-state index >= 15 is 0 Å². The summed E-state index contributed by atoms with van der Waals surface area (Å²) in [5.41, 5.74) is 0.224. The molecule has 0 radical (unpaired) electrons. The zero-order chi connectivity index (χ0) is 17.7. The van der Waals surface area contributed by atoms with Crippen LogP contribution in [-0.2, 0) is 6.54 Å². The molecule has 0 aliphatic carbocycles.